The molecule has 0 atom stereocenters. The average molecular weight is 416 g/mol. The Kier molecular flexibility index (Phi) is 6.49. The Morgan fingerprint density at radius 2 is 1.77 bits per heavy atom. The third-order valence-corrected chi connectivity index (χ3v) is 5.44. The number of rotatable bonds is 6. The fraction of sp³-hybridized carbons (Fsp3) is 0.476. The first-order valence-electron chi connectivity index (χ1n) is 9.86. The number of piperidine rings is 1. The summed E-state index contributed by atoms with van der Waals surface area (Å²) in [7, 11) is 6.25. The van der Waals surface area contributed by atoms with Gasteiger partial charge in [-0.05, 0) is 30.5 Å². The lowest BCUT2D eigenvalue weighted by atomic mass is 10.0. The van der Waals surface area contributed by atoms with Crippen LogP contribution in [0.1, 0.15) is 18.4 Å². The third-order valence-electron chi connectivity index (χ3n) is 5.44. The van der Waals surface area contributed by atoms with E-state index in [9.17, 15) is 14.4 Å². The number of carbonyl (C=O) groups is 1. The molecule has 2 aromatic rings. The minimum absolute atomic E-state index is 0.0466. The van der Waals surface area contributed by atoms with Crippen molar-refractivity contribution >= 4 is 11.6 Å². The highest BCUT2D eigenvalue weighted by Gasteiger charge is 2.23. The summed E-state index contributed by atoms with van der Waals surface area (Å²) in [5, 5.41) is 3.08. The predicted molar refractivity (Wildman–Crippen MR) is 114 cm³/mol. The molecular weight excluding hydrogens is 388 g/mol. The van der Waals surface area contributed by atoms with Crippen LogP contribution in [0.5, 0.6) is 11.5 Å². The maximum atomic E-state index is 12.5. The molecule has 162 valence electrons. The lowest BCUT2D eigenvalue weighted by Crippen LogP contribution is -2.48. The molecule has 1 aliphatic rings. The highest BCUT2D eigenvalue weighted by molar-refractivity contribution is 5.79. The van der Waals surface area contributed by atoms with Gasteiger partial charge in [-0.25, -0.2) is 4.79 Å². The number of nitrogens with zero attached hydrogens (tertiary/aromatic N) is 3. The second kappa shape index (κ2) is 9.06. The zero-order chi connectivity index (χ0) is 21.8. The summed E-state index contributed by atoms with van der Waals surface area (Å²) in [5.41, 5.74) is 0.709. The van der Waals surface area contributed by atoms with Crippen LogP contribution in [0.2, 0.25) is 0 Å². The van der Waals surface area contributed by atoms with E-state index in [1.165, 1.54) is 11.6 Å². The fourth-order valence-electron chi connectivity index (χ4n) is 3.73. The Morgan fingerprint density at radius 3 is 2.40 bits per heavy atom. The van der Waals surface area contributed by atoms with Gasteiger partial charge in [0.15, 0.2) is 11.5 Å². The quantitative estimate of drug-likeness (QED) is 0.734. The third kappa shape index (κ3) is 4.50. The monoisotopic (exact) mass is 416 g/mol. The SMILES string of the molecule is COc1ccc(CC(=O)NC2CCN(c3cn(C)c(=O)n(C)c3=O)CC2)cc1OC. The van der Waals surface area contributed by atoms with Crippen LogP contribution >= 0.6 is 0 Å². The Bertz CT molecular complexity index is 1030. The van der Waals surface area contributed by atoms with Crippen LogP contribution in [-0.2, 0) is 25.3 Å². The maximum Gasteiger partial charge on any atom is 0.330 e. The van der Waals surface area contributed by atoms with Gasteiger partial charge in [-0.3, -0.25) is 14.2 Å². The zero-order valence-electron chi connectivity index (χ0n) is 17.8. The van der Waals surface area contributed by atoms with E-state index in [1.54, 1.807) is 39.6 Å². The summed E-state index contributed by atoms with van der Waals surface area (Å²) in [6.07, 6.45) is 3.29. The number of hydrogen-bond donors (Lipinski definition) is 1. The van der Waals surface area contributed by atoms with Crippen molar-refractivity contribution in [2.24, 2.45) is 14.1 Å². The molecule has 0 aliphatic carbocycles. The van der Waals surface area contributed by atoms with Gasteiger partial charge in [0.25, 0.3) is 5.56 Å². The summed E-state index contributed by atoms with van der Waals surface area (Å²) < 4.78 is 13.0. The van der Waals surface area contributed by atoms with Crippen LogP contribution in [0, 0.1) is 0 Å². The maximum absolute atomic E-state index is 12.5. The summed E-state index contributed by atoms with van der Waals surface area (Å²) in [5.74, 6) is 1.16. The van der Waals surface area contributed by atoms with Crippen molar-refractivity contribution in [1.82, 2.24) is 14.5 Å². The van der Waals surface area contributed by atoms with Crippen molar-refractivity contribution in [2.45, 2.75) is 25.3 Å². The first kappa shape index (κ1) is 21.5. The standard InChI is InChI=1S/C21H28N4O5/c1-23-13-16(20(27)24(2)21(23)28)25-9-7-15(8-10-25)22-19(26)12-14-5-6-17(29-3)18(11-14)30-4/h5-6,11,13,15H,7-10,12H2,1-4H3,(H,22,26). The van der Waals surface area contributed by atoms with Gasteiger partial charge in [-0.1, -0.05) is 6.07 Å². The van der Waals surface area contributed by atoms with E-state index in [0.717, 1.165) is 23.0 Å². The second-order valence-electron chi connectivity index (χ2n) is 7.47. The molecule has 0 unspecified atom stereocenters. The van der Waals surface area contributed by atoms with Gasteiger partial charge in [-0.15, -0.1) is 0 Å². The van der Waals surface area contributed by atoms with Crippen molar-refractivity contribution in [1.29, 1.82) is 0 Å². The van der Waals surface area contributed by atoms with E-state index in [4.69, 9.17) is 9.47 Å². The minimum atomic E-state index is -0.346. The summed E-state index contributed by atoms with van der Waals surface area (Å²) >= 11 is 0. The zero-order valence-corrected chi connectivity index (χ0v) is 17.8. The molecule has 9 nitrogen and oxygen atoms in total. The van der Waals surface area contributed by atoms with Crippen molar-refractivity contribution in [3.63, 3.8) is 0 Å². The lowest BCUT2D eigenvalue weighted by molar-refractivity contribution is -0.121. The number of benzene rings is 1. The molecule has 0 saturated carbocycles. The summed E-state index contributed by atoms with van der Waals surface area (Å²) in [4.78, 5) is 38.7. The van der Waals surface area contributed by atoms with Gasteiger partial charge >= 0.3 is 5.69 Å². The Morgan fingerprint density at radius 1 is 1.10 bits per heavy atom. The van der Waals surface area contributed by atoms with Gasteiger partial charge in [-0.2, -0.15) is 0 Å². The number of aryl methyl sites for hydroxylation is 1. The molecule has 1 aromatic heterocycles. The molecule has 9 heteroatoms. The van der Waals surface area contributed by atoms with E-state index >= 15 is 0 Å². The molecule has 1 fully saturated rings. The molecule has 0 bridgehead atoms. The molecule has 0 spiro atoms. The molecular formula is C21H28N4O5. The van der Waals surface area contributed by atoms with Crippen molar-refractivity contribution in [2.75, 3.05) is 32.2 Å². The van der Waals surface area contributed by atoms with Crippen LogP contribution in [-0.4, -0.2) is 48.4 Å². The molecule has 1 aliphatic heterocycles. The van der Waals surface area contributed by atoms with Crippen LogP contribution < -0.4 is 30.9 Å². The van der Waals surface area contributed by atoms with Crippen LogP contribution in [0.3, 0.4) is 0 Å². The number of amides is 1. The number of hydrogen-bond acceptors (Lipinski definition) is 6. The molecule has 1 saturated heterocycles. The van der Waals surface area contributed by atoms with Gasteiger partial charge in [0.1, 0.15) is 5.69 Å². The molecule has 3 rings (SSSR count). The molecule has 2 heterocycles. The van der Waals surface area contributed by atoms with E-state index in [0.29, 0.717) is 30.3 Å². The average Bonchev–Trinajstić information content (AvgIpc) is 2.75. The topological polar surface area (TPSA) is 94.8 Å². The summed E-state index contributed by atoms with van der Waals surface area (Å²) in [6.45, 7) is 1.27. The van der Waals surface area contributed by atoms with Gasteiger partial charge < -0.3 is 24.3 Å². The summed E-state index contributed by atoms with van der Waals surface area (Å²) in [6, 6.07) is 5.48. The van der Waals surface area contributed by atoms with Crippen LogP contribution in [0.4, 0.5) is 5.69 Å². The fourth-order valence-corrected chi connectivity index (χ4v) is 3.73. The molecule has 1 aromatic carbocycles. The molecule has 1 N–H and O–H groups in total. The number of carbonyl (C=O) groups excluding carboxylic acids is 1. The van der Waals surface area contributed by atoms with E-state index in [1.807, 2.05) is 11.0 Å². The molecule has 0 radical (unpaired) electrons. The van der Waals surface area contributed by atoms with E-state index in [-0.39, 0.29) is 29.6 Å². The normalized spacial score (nSPS) is 14.5. The lowest BCUT2D eigenvalue weighted by Gasteiger charge is -2.33. The van der Waals surface area contributed by atoms with Gasteiger partial charge in [0.2, 0.25) is 5.91 Å². The molecule has 30 heavy (non-hydrogen) atoms. The highest BCUT2D eigenvalue weighted by atomic mass is 16.5. The van der Waals surface area contributed by atoms with Crippen molar-refractivity contribution in [3.05, 3.63) is 50.8 Å². The number of nitrogens with one attached hydrogen (secondary N) is 1. The Balaban J connectivity index is 1.58. The predicted octanol–water partition coefficient (Wildman–Crippen LogP) is 0.429. The Hall–Kier alpha value is -3.23. The first-order valence-corrected chi connectivity index (χ1v) is 9.86. The number of aromatic nitrogens is 2. The first-order chi connectivity index (χ1) is 14.3. The molecule has 1 amide bonds. The van der Waals surface area contributed by atoms with Gasteiger partial charge in [0, 0.05) is 39.4 Å². The number of anilines is 1. The minimum Gasteiger partial charge on any atom is -0.493 e. The number of ether oxygens (including phenoxy) is 2. The van der Waals surface area contributed by atoms with E-state index < -0.39 is 0 Å². The van der Waals surface area contributed by atoms with Crippen molar-refractivity contribution in [3.8, 4) is 11.5 Å². The number of methoxy groups -OCH3 is 2. The van der Waals surface area contributed by atoms with E-state index in [2.05, 4.69) is 5.32 Å². The highest BCUT2D eigenvalue weighted by Crippen LogP contribution is 2.27. The smallest absolute Gasteiger partial charge is 0.330 e. The second-order valence-corrected chi connectivity index (χ2v) is 7.47. The largest absolute Gasteiger partial charge is 0.493 e. The Labute approximate surface area is 174 Å². The van der Waals surface area contributed by atoms with Crippen LogP contribution in [0.15, 0.2) is 34.0 Å². The van der Waals surface area contributed by atoms with Crippen molar-refractivity contribution < 1.29 is 14.3 Å². The van der Waals surface area contributed by atoms with Crippen LogP contribution in [0.25, 0.3) is 0 Å². The van der Waals surface area contributed by atoms with Gasteiger partial charge in [0.05, 0.1) is 20.6 Å².